The molecule has 1 atom stereocenters. The van der Waals surface area contributed by atoms with Gasteiger partial charge in [-0.2, -0.15) is 0 Å². The zero-order valence-electron chi connectivity index (χ0n) is 14.0. The van der Waals surface area contributed by atoms with Crippen LogP contribution in [0.15, 0.2) is 35.3 Å². The Kier molecular flexibility index (Phi) is 10.1. The Labute approximate surface area is 134 Å². The lowest BCUT2D eigenvalue weighted by Gasteiger charge is -2.16. The van der Waals surface area contributed by atoms with Gasteiger partial charge in [0.15, 0.2) is 5.96 Å². The maximum absolute atomic E-state index is 5.54. The number of hydrogen-bond acceptors (Lipinski definition) is 3. The number of aliphatic imine (C=N–C) groups is 1. The van der Waals surface area contributed by atoms with Crippen LogP contribution < -0.4 is 10.6 Å². The summed E-state index contributed by atoms with van der Waals surface area (Å²) in [6, 6.07) is 10.2. The molecule has 0 saturated heterocycles. The van der Waals surface area contributed by atoms with E-state index in [9.17, 15) is 0 Å². The molecule has 2 N–H and O–H groups in total. The molecule has 1 rings (SSSR count). The van der Waals surface area contributed by atoms with Crippen LogP contribution in [0.25, 0.3) is 0 Å². The lowest BCUT2D eigenvalue weighted by Crippen LogP contribution is -2.38. The normalized spacial score (nSPS) is 13.0. The Morgan fingerprint density at radius 3 is 2.59 bits per heavy atom. The third-order valence-electron chi connectivity index (χ3n) is 3.18. The van der Waals surface area contributed by atoms with E-state index in [0.717, 1.165) is 44.2 Å². The smallest absolute Gasteiger partial charge is 0.191 e. The van der Waals surface area contributed by atoms with Crippen molar-refractivity contribution in [2.45, 2.75) is 26.4 Å². The molecule has 0 saturated carbocycles. The van der Waals surface area contributed by atoms with Gasteiger partial charge in [0.1, 0.15) is 6.10 Å². The highest BCUT2D eigenvalue weighted by molar-refractivity contribution is 5.79. The van der Waals surface area contributed by atoms with E-state index in [1.54, 1.807) is 7.11 Å². The van der Waals surface area contributed by atoms with Crippen LogP contribution in [-0.2, 0) is 9.47 Å². The minimum Gasteiger partial charge on any atom is -0.382 e. The average Bonchev–Trinajstić information content (AvgIpc) is 2.56. The molecule has 5 heteroatoms. The summed E-state index contributed by atoms with van der Waals surface area (Å²) in [6.45, 7) is 7.86. The van der Waals surface area contributed by atoms with E-state index in [1.807, 2.05) is 25.1 Å². The van der Waals surface area contributed by atoms with Crippen LogP contribution in [0.3, 0.4) is 0 Å². The van der Waals surface area contributed by atoms with Gasteiger partial charge in [0.25, 0.3) is 0 Å². The summed E-state index contributed by atoms with van der Waals surface area (Å²) in [7, 11) is 1.72. The number of benzene rings is 1. The third kappa shape index (κ3) is 7.43. The molecule has 0 amide bonds. The predicted molar refractivity (Wildman–Crippen MR) is 91.3 cm³/mol. The van der Waals surface area contributed by atoms with Gasteiger partial charge in [-0.25, -0.2) is 0 Å². The van der Waals surface area contributed by atoms with Crippen molar-refractivity contribution in [3.05, 3.63) is 35.9 Å². The van der Waals surface area contributed by atoms with Gasteiger partial charge in [0, 0.05) is 33.4 Å². The second kappa shape index (κ2) is 12.0. The van der Waals surface area contributed by atoms with Crippen molar-refractivity contribution in [2.75, 3.05) is 40.0 Å². The Balaban J connectivity index is 2.49. The quantitative estimate of drug-likeness (QED) is 0.396. The average molecular weight is 307 g/mol. The first-order valence-electron chi connectivity index (χ1n) is 7.99. The standard InChI is InChI=1S/C17H29N3O2/c1-4-18-17(19-12-9-13-22-5-2)20-14-16(21-3)15-10-7-6-8-11-15/h6-8,10-11,16H,4-5,9,12-14H2,1-3H3,(H2,18,19,20). The molecule has 1 unspecified atom stereocenters. The first-order valence-corrected chi connectivity index (χ1v) is 7.99. The van der Waals surface area contributed by atoms with Crippen LogP contribution in [0.5, 0.6) is 0 Å². The number of nitrogens with one attached hydrogen (secondary N) is 2. The highest BCUT2D eigenvalue weighted by Crippen LogP contribution is 2.16. The summed E-state index contributed by atoms with van der Waals surface area (Å²) >= 11 is 0. The number of rotatable bonds is 10. The van der Waals surface area contributed by atoms with Gasteiger partial charge in [0.05, 0.1) is 6.54 Å². The van der Waals surface area contributed by atoms with Gasteiger partial charge in [0.2, 0.25) is 0 Å². The van der Waals surface area contributed by atoms with E-state index in [4.69, 9.17) is 9.47 Å². The highest BCUT2D eigenvalue weighted by Gasteiger charge is 2.09. The molecule has 0 aromatic heterocycles. The van der Waals surface area contributed by atoms with Gasteiger partial charge in [-0.3, -0.25) is 4.99 Å². The van der Waals surface area contributed by atoms with Crippen molar-refractivity contribution in [2.24, 2.45) is 4.99 Å². The van der Waals surface area contributed by atoms with E-state index in [0.29, 0.717) is 6.54 Å². The summed E-state index contributed by atoms with van der Waals surface area (Å²) in [4.78, 5) is 4.61. The molecule has 5 nitrogen and oxygen atoms in total. The summed E-state index contributed by atoms with van der Waals surface area (Å²) in [5, 5.41) is 6.56. The molecule has 0 radical (unpaired) electrons. The van der Waals surface area contributed by atoms with E-state index < -0.39 is 0 Å². The highest BCUT2D eigenvalue weighted by atomic mass is 16.5. The molecular weight excluding hydrogens is 278 g/mol. The fourth-order valence-electron chi connectivity index (χ4n) is 2.03. The molecule has 0 bridgehead atoms. The van der Waals surface area contributed by atoms with Crippen molar-refractivity contribution < 1.29 is 9.47 Å². The SMILES string of the molecule is CCNC(=NCC(OC)c1ccccc1)NCCCOCC. The summed E-state index contributed by atoms with van der Waals surface area (Å²) in [5.41, 5.74) is 1.14. The largest absolute Gasteiger partial charge is 0.382 e. The van der Waals surface area contributed by atoms with Crippen LogP contribution in [0.4, 0.5) is 0 Å². The van der Waals surface area contributed by atoms with Crippen LogP contribution >= 0.6 is 0 Å². The van der Waals surface area contributed by atoms with Crippen LogP contribution in [0.1, 0.15) is 31.9 Å². The summed E-state index contributed by atoms with van der Waals surface area (Å²) in [5.74, 6) is 0.817. The van der Waals surface area contributed by atoms with Crippen molar-refractivity contribution in [3.63, 3.8) is 0 Å². The Bertz CT molecular complexity index is 410. The molecule has 0 fully saturated rings. The Morgan fingerprint density at radius 2 is 1.95 bits per heavy atom. The first kappa shape index (κ1) is 18.5. The lowest BCUT2D eigenvalue weighted by atomic mass is 10.1. The minimum atomic E-state index is -0.0277. The zero-order chi connectivity index (χ0) is 16.0. The predicted octanol–water partition coefficient (Wildman–Crippen LogP) is 2.36. The van der Waals surface area contributed by atoms with Crippen LogP contribution in [-0.4, -0.2) is 45.9 Å². The van der Waals surface area contributed by atoms with Gasteiger partial charge < -0.3 is 20.1 Å². The molecule has 22 heavy (non-hydrogen) atoms. The number of methoxy groups -OCH3 is 1. The van der Waals surface area contributed by atoms with Crippen LogP contribution in [0.2, 0.25) is 0 Å². The number of ether oxygens (including phenoxy) is 2. The lowest BCUT2D eigenvalue weighted by molar-refractivity contribution is 0.111. The third-order valence-corrected chi connectivity index (χ3v) is 3.18. The fraction of sp³-hybridized carbons (Fsp3) is 0.588. The molecule has 0 aliphatic heterocycles. The van der Waals surface area contributed by atoms with Gasteiger partial charge in [-0.1, -0.05) is 30.3 Å². The van der Waals surface area contributed by atoms with Gasteiger partial charge in [-0.05, 0) is 25.8 Å². The number of nitrogens with zero attached hydrogens (tertiary/aromatic N) is 1. The van der Waals surface area contributed by atoms with E-state index in [2.05, 4.69) is 34.7 Å². The van der Waals surface area contributed by atoms with Crippen molar-refractivity contribution >= 4 is 5.96 Å². The topological polar surface area (TPSA) is 54.9 Å². The van der Waals surface area contributed by atoms with E-state index >= 15 is 0 Å². The molecule has 124 valence electrons. The van der Waals surface area contributed by atoms with Gasteiger partial charge in [-0.15, -0.1) is 0 Å². The van der Waals surface area contributed by atoms with E-state index in [1.165, 1.54) is 0 Å². The zero-order valence-corrected chi connectivity index (χ0v) is 14.0. The van der Waals surface area contributed by atoms with Crippen LogP contribution in [0, 0.1) is 0 Å². The fourth-order valence-corrected chi connectivity index (χ4v) is 2.03. The molecule has 1 aromatic rings. The monoisotopic (exact) mass is 307 g/mol. The summed E-state index contributed by atoms with van der Waals surface area (Å²) < 4.78 is 10.9. The van der Waals surface area contributed by atoms with Crippen molar-refractivity contribution in [1.29, 1.82) is 0 Å². The maximum Gasteiger partial charge on any atom is 0.191 e. The molecular formula is C17H29N3O2. The molecule has 1 aromatic carbocycles. The molecule has 0 spiro atoms. The molecule has 0 aliphatic rings. The summed E-state index contributed by atoms with van der Waals surface area (Å²) in [6.07, 6.45) is 0.935. The molecule has 0 heterocycles. The number of hydrogen-bond donors (Lipinski definition) is 2. The first-order chi connectivity index (χ1) is 10.8. The Morgan fingerprint density at radius 1 is 1.18 bits per heavy atom. The van der Waals surface area contributed by atoms with E-state index in [-0.39, 0.29) is 6.10 Å². The second-order valence-corrected chi connectivity index (χ2v) is 4.83. The number of guanidine groups is 1. The van der Waals surface area contributed by atoms with Crippen molar-refractivity contribution in [3.8, 4) is 0 Å². The second-order valence-electron chi connectivity index (χ2n) is 4.83. The maximum atomic E-state index is 5.54. The minimum absolute atomic E-state index is 0.0277. The Hall–Kier alpha value is -1.59. The molecule has 0 aliphatic carbocycles. The van der Waals surface area contributed by atoms with Crippen molar-refractivity contribution in [1.82, 2.24) is 10.6 Å². The van der Waals surface area contributed by atoms with Gasteiger partial charge >= 0.3 is 0 Å².